The summed E-state index contributed by atoms with van der Waals surface area (Å²) in [7, 11) is 0. The normalized spacial score (nSPS) is 25.4. The smallest absolute Gasteiger partial charge is 0.150 e. The molecule has 4 rings (SSSR count). The molecule has 2 aliphatic carbocycles. The van der Waals surface area contributed by atoms with Crippen LogP contribution in [0.5, 0.6) is 0 Å². The Morgan fingerprint density at radius 3 is 2.40 bits per heavy atom. The zero-order valence-corrected chi connectivity index (χ0v) is 14.9. The van der Waals surface area contributed by atoms with E-state index in [1.165, 1.54) is 0 Å². The first-order chi connectivity index (χ1) is 12.1. The lowest BCUT2D eigenvalue weighted by Gasteiger charge is -2.27. The highest BCUT2D eigenvalue weighted by molar-refractivity contribution is 6.30. The first kappa shape index (κ1) is 16.5. The van der Waals surface area contributed by atoms with Crippen molar-refractivity contribution in [3.63, 3.8) is 0 Å². The molecule has 4 heteroatoms. The fourth-order valence-corrected chi connectivity index (χ4v) is 4.42. The number of nitrogens with zero attached hydrogens (tertiary/aromatic N) is 1. The molecular weight excluding hydrogens is 334 g/mol. The lowest BCUT2D eigenvalue weighted by atomic mass is 9.73. The van der Waals surface area contributed by atoms with Gasteiger partial charge in [0.2, 0.25) is 0 Å². The number of fused-ring (bicyclic) bond motifs is 2. The Hall–Kier alpha value is -2.00. The van der Waals surface area contributed by atoms with Crippen LogP contribution in [0.3, 0.4) is 0 Å². The minimum Gasteiger partial charge on any atom is -0.298 e. The Labute approximate surface area is 152 Å². The monoisotopic (exact) mass is 353 g/mol. The lowest BCUT2D eigenvalue weighted by molar-refractivity contribution is -0.135. The van der Waals surface area contributed by atoms with Crippen LogP contribution in [0.15, 0.2) is 36.5 Å². The zero-order chi connectivity index (χ0) is 17.6. The van der Waals surface area contributed by atoms with E-state index in [0.717, 1.165) is 48.1 Å². The van der Waals surface area contributed by atoms with Gasteiger partial charge in [0, 0.05) is 23.6 Å². The summed E-state index contributed by atoms with van der Waals surface area (Å²) in [5, 5.41) is 0.586. The van der Waals surface area contributed by atoms with Gasteiger partial charge in [-0.25, -0.2) is 0 Å². The van der Waals surface area contributed by atoms with Gasteiger partial charge >= 0.3 is 0 Å². The number of carbonyl (C=O) groups excluding carboxylic acids is 2. The first-order valence-electron chi connectivity index (χ1n) is 8.90. The summed E-state index contributed by atoms with van der Waals surface area (Å²) in [6, 6.07) is 9.68. The topological polar surface area (TPSA) is 47.0 Å². The van der Waals surface area contributed by atoms with Crippen LogP contribution >= 0.6 is 11.6 Å². The van der Waals surface area contributed by atoms with Crippen LogP contribution in [0.4, 0.5) is 0 Å². The van der Waals surface area contributed by atoms with Crippen molar-refractivity contribution < 1.29 is 9.59 Å². The maximum Gasteiger partial charge on any atom is 0.150 e. The molecule has 2 atom stereocenters. The van der Waals surface area contributed by atoms with Gasteiger partial charge in [0.05, 0.1) is 10.7 Å². The maximum atomic E-state index is 12.9. The van der Waals surface area contributed by atoms with Crippen LogP contribution in [0.25, 0.3) is 11.3 Å². The molecule has 1 aromatic carbocycles. The van der Waals surface area contributed by atoms with Crippen molar-refractivity contribution in [2.45, 2.75) is 38.5 Å². The standard InChI is InChI=1S/C21H20ClNO2/c1-2-12-3-4-13(18-8-7-16(22)11-23-18)10-17(12)19-20(24)14-5-6-15(9-14)21(19)25/h3-4,7-8,10-11,14-15,19H,2,5-6,9H2,1H3. The Balaban J connectivity index is 1.80. The van der Waals surface area contributed by atoms with Crippen LogP contribution in [0.2, 0.25) is 5.02 Å². The van der Waals surface area contributed by atoms with Gasteiger partial charge in [-0.05, 0) is 55.0 Å². The summed E-state index contributed by atoms with van der Waals surface area (Å²) < 4.78 is 0. The molecule has 2 bridgehead atoms. The third kappa shape index (κ3) is 2.81. The molecule has 0 saturated heterocycles. The van der Waals surface area contributed by atoms with Crippen molar-refractivity contribution in [3.05, 3.63) is 52.7 Å². The van der Waals surface area contributed by atoms with Gasteiger partial charge < -0.3 is 0 Å². The van der Waals surface area contributed by atoms with E-state index in [1.54, 1.807) is 12.3 Å². The van der Waals surface area contributed by atoms with E-state index in [9.17, 15) is 9.59 Å². The molecule has 128 valence electrons. The summed E-state index contributed by atoms with van der Waals surface area (Å²) in [4.78, 5) is 30.2. The average molecular weight is 354 g/mol. The van der Waals surface area contributed by atoms with Gasteiger partial charge in [-0.1, -0.05) is 30.7 Å². The van der Waals surface area contributed by atoms with E-state index in [1.807, 2.05) is 24.3 Å². The van der Waals surface area contributed by atoms with Crippen molar-refractivity contribution >= 4 is 23.2 Å². The van der Waals surface area contributed by atoms with E-state index >= 15 is 0 Å². The highest BCUT2D eigenvalue weighted by atomic mass is 35.5. The molecule has 1 heterocycles. The number of pyridine rings is 1. The third-order valence-corrected chi connectivity index (χ3v) is 5.89. The maximum absolute atomic E-state index is 12.9. The summed E-state index contributed by atoms with van der Waals surface area (Å²) >= 11 is 5.93. The second kappa shape index (κ2) is 6.38. The van der Waals surface area contributed by atoms with Crippen molar-refractivity contribution in [1.82, 2.24) is 4.98 Å². The molecule has 2 saturated carbocycles. The first-order valence-corrected chi connectivity index (χ1v) is 9.28. The van der Waals surface area contributed by atoms with Crippen molar-refractivity contribution in [2.75, 3.05) is 0 Å². The minimum atomic E-state index is -0.589. The van der Waals surface area contributed by atoms with Crippen LogP contribution in [-0.4, -0.2) is 16.6 Å². The van der Waals surface area contributed by atoms with Gasteiger partial charge in [0.25, 0.3) is 0 Å². The van der Waals surface area contributed by atoms with Crippen molar-refractivity contribution in [1.29, 1.82) is 0 Å². The Morgan fingerprint density at radius 2 is 1.80 bits per heavy atom. The molecule has 2 aromatic rings. The molecule has 2 fully saturated rings. The number of rotatable bonds is 3. The third-order valence-electron chi connectivity index (χ3n) is 5.67. The van der Waals surface area contributed by atoms with Crippen LogP contribution in [0, 0.1) is 11.8 Å². The molecule has 0 aliphatic heterocycles. The zero-order valence-electron chi connectivity index (χ0n) is 14.2. The van der Waals surface area contributed by atoms with E-state index < -0.39 is 5.92 Å². The van der Waals surface area contributed by atoms with Crippen LogP contribution in [0.1, 0.15) is 43.2 Å². The fraction of sp³-hybridized carbons (Fsp3) is 0.381. The SMILES string of the molecule is CCc1ccc(-c2ccc(Cl)cn2)cc1C1C(=O)C2CCC(C2)C1=O. The largest absolute Gasteiger partial charge is 0.298 e. The Morgan fingerprint density at radius 1 is 1.08 bits per heavy atom. The van der Waals surface area contributed by atoms with E-state index in [4.69, 9.17) is 11.6 Å². The molecule has 1 aromatic heterocycles. The number of aromatic nitrogens is 1. The number of hydrogen-bond acceptors (Lipinski definition) is 3. The average Bonchev–Trinajstić information content (AvgIpc) is 3.08. The number of halogens is 1. The number of benzene rings is 1. The summed E-state index contributed by atoms with van der Waals surface area (Å²) in [5.74, 6) is -0.220. The predicted molar refractivity (Wildman–Crippen MR) is 97.6 cm³/mol. The fourth-order valence-electron chi connectivity index (χ4n) is 4.31. The summed E-state index contributed by atoms with van der Waals surface area (Å²) in [6.07, 6.45) is 4.91. The molecule has 0 radical (unpaired) electrons. The Bertz CT molecular complexity index is 821. The molecular formula is C21H20ClNO2. The van der Waals surface area contributed by atoms with Crippen LogP contribution < -0.4 is 0 Å². The van der Waals surface area contributed by atoms with Crippen molar-refractivity contribution in [3.8, 4) is 11.3 Å². The van der Waals surface area contributed by atoms with E-state index in [0.29, 0.717) is 5.02 Å². The number of aryl methyl sites for hydroxylation is 1. The van der Waals surface area contributed by atoms with E-state index in [-0.39, 0.29) is 23.4 Å². The molecule has 25 heavy (non-hydrogen) atoms. The second-order valence-electron chi connectivity index (χ2n) is 7.07. The highest BCUT2D eigenvalue weighted by Gasteiger charge is 2.47. The molecule has 0 N–H and O–H groups in total. The van der Waals surface area contributed by atoms with Gasteiger partial charge in [0.15, 0.2) is 11.6 Å². The highest BCUT2D eigenvalue weighted by Crippen LogP contribution is 2.45. The minimum absolute atomic E-state index is 0.0646. The van der Waals surface area contributed by atoms with Crippen molar-refractivity contribution in [2.24, 2.45) is 11.8 Å². The molecule has 2 unspecified atom stereocenters. The van der Waals surface area contributed by atoms with Gasteiger partial charge in [-0.2, -0.15) is 0 Å². The Kier molecular flexibility index (Phi) is 4.20. The van der Waals surface area contributed by atoms with E-state index in [2.05, 4.69) is 11.9 Å². The van der Waals surface area contributed by atoms with Gasteiger partial charge in [-0.3, -0.25) is 14.6 Å². The number of ketones is 2. The molecule has 0 amide bonds. The molecule has 0 spiro atoms. The van der Waals surface area contributed by atoms with Crippen LogP contribution in [-0.2, 0) is 16.0 Å². The molecule has 3 nitrogen and oxygen atoms in total. The van der Waals surface area contributed by atoms with Gasteiger partial charge in [0.1, 0.15) is 5.92 Å². The predicted octanol–water partition coefficient (Wildman–Crippen LogP) is 4.62. The number of carbonyl (C=O) groups is 2. The molecule has 2 aliphatic rings. The summed E-state index contributed by atoms with van der Waals surface area (Å²) in [5.41, 5.74) is 3.67. The van der Waals surface area contributed by atoms with Gasteiger partial charge in [-0.15, -0.1) is 0 Å². The lowest BCUT2D eigenvalue weighted by Crippen LogP contribution is -2.35. The second-order valence-corrected chi connectivity index (χ2v) is 7.51. The summed E-state index contributed by atoms with van der Waals surface area (Å²) in [6.45, 7) is 2.06. The number of hydrogen-bond donors (Lipinski definition) is 0. The number of Topliss-reactive ketones (excluding diaryl/α,β-unsaturated/α-hetero) is 2. The quantitative estimate of drug-likeness (QED) is 0.756.